The SMILES string of the molecule is CCCCNC(=O)c1cc(-c2ccc(Cl)cc2)n(-c2cccc(OC)c2)c1C. The van der Waals surface area contributed by atoms with E-state index in [2.05, 4.69) is 16.8 Å². The van der Waals surface area contributed by atoms with Gasteiger partial charge in [0.2, 0.25) is 0 Å². The van der Waals surface area contributed by atoms with Crippen molar-refractivity contribution in [2.45, 2.75) is 26.7 Å². The largest absolute Gasteiger partial charge is 0.497 e. The van der Waals surface area contributed by atoms with E-state index >= 15 is 0 Å². The van der Waals surface area contributed by atoms with E-state index in [0.717, 1.165) is 41.2 Å². The Bertz CT molecular complexity index is 961. The molecule has 0 spiro atoms. The van der Waals surface area contributed by atoms with Gasteiger partial charge in [0.25, 0.3) is 5.91 Å². The third-order valence-corrected chi connectivity index (χ3v) is 5.01. The van der Waals surface area contributed by atoms with Gasteiger partial charge in [-0.2, -0.15) is 0 Å². The van der Waals surface area contributed by atoms with Gasteiger partial charge in [-0.1, -0.05) is 43.1 Å². The molecule has 1 aromatic heterocycles. The Hall–Kier alpha value is -2.72. The first-order valence-electron chi connectivity index (χ1n) is 9.46. The number of methoxy groups -OCH3 is 1. The molecule has 0 radical (unpaired) electrons. The van der Waals surface area contributed by atoms with Crippen molar-refractivity contribution >= 4 is 17.5 Å². The second-order valence-corrected chi connectivity index (χ2v) is 7.12. The number of hydrogen-bond acceptors (Lipinski definition) is 2. The van der Waals surface area contributed by atoms with Gasteiger partial charge in [0.1, 0.15) is 5.75 Å². The molecule has 3 aromatic rings. The van der Waals surface area contributed by atoms with Crippen LogP contribution in [-0.4, -0.2) is 24.1 Å². The van der Waals surface area contributed by atoms with Crippen molar-refractivity contribution in [2.75, 3.05) is 13.7 Å². The lowest BCUT2D eigenvalue weighted by atomic mass is 10.1. The Morgan fingerprint density at radius 1 is 1.14 bits per heavy atom. The van der Waals surface area contributed by atoms with Crippen molar-refractivity contribution in [1.82, 2.24) is 9.88 Å². The number of carbonyl (C=O) groups excluding carboxylic acids is 1. The van der Waals surface area contributed by atoms with Gasteiger partial charge in [0.05, 0.1) is 18.4 Å². The monoisotopic (exact) mass is 396 g/mol. The average Bonchev–Trinajstić information content (AvgIpc) is 3.06. The normalized spacial score (nSPS) is 10.7. The van der Waals surface area contributed by atoms with Crippen molar-refractivity contribution in [2.24, 2.45) is 0 Å². The predicted molar refractivity (Wildman–Crippen MR) is 115 cm³/mol. The summed E-state index contributed by atoms with van der Waals surface area (Å²) in [6.07, 6.45) is 2.01. The third-order valence-electron chi connectivity index (χ3n) is 4.76. The summed E-state index contributed by atoms with van der Waals surface area (Å²) in [6.45, 7) is 4.75. The third kappa shape index (κ3) is 4.23. The summed E-state index contributed by atoms with van der Waals surface area (Å²) in [5.41, 5.74) is 4.41. The molecule has 1 heterocycles. The molecule has 2 aromatic carbocycles. The van der Waals surface area contributed by atoms with Crippen molar-refractivity contribution in [3.05, 3.63) is 70.9 Å². The van der Waals surface area contributed by atoms with Gasteiger partial charge >= 0.3 is 0 Å². The first kappa shape index (κ1) is 20.0. The van der Waals surface area contributed by atoms with Crippen LogP contribution in [0.25, 0.3) is 16.9 Å². The number of aromatic nitrogens is 1. The molecule has 0 atom stereocenters. The number of nitrogens with one attached hydrogen (secondary N) is 1. The molecule has 3 rings (SSSR count). The Morgan fingerprint density at radius 2 is 1.89 bits per heavy atom. The molecule has 0 aliphatic heterocycles. The van der Waals surface area contributed by atoms with E-state index in [1.165, 1.54) is 0 Å². The van der Waals surface area contributed by atoms with E-state index < -0.39 is 0 Å². The van der Waals surface area contributed by atoms with Crippen LogP contribution in [0.1, 0.15) is 35.8 Å². The van der Waals surface area contributed by atoms with Gasteiger partial charge in [0.15, 0.2) is 0 Å². The summed E-state index contributed by atoms with van der Waals surface area (Å²) in [5.74, 6) is 0.712. The highest BCUT2D eigenvalue weighted by atomic mass is 35.5. The fourth-order valence-corrected chi connectivity index (χ4v) is 3.35. The molecule has 146 valence electrons. The molecular weight excluding hydrogens is 372 g/mol. The highest BCUT2D eigenvalue weighted by Crippen LogP contribution is 2.31. The number of amides is 1. The van der Waals surface area contributed by atoms with Gasteiger partial charge in [-0.25, -0.2) is 0 Å². The number of halogens is 1. The Labute approximate surface area is 171 Å². The highest BCUT2D eigenvalue weighted by molar-refractivity contribution is 6.30. The van der Waals surface area contributed by atoms with Crippen molar-refractivity contribution in [1.29, 1.82) is 0 Å². The Morgan fingerprint density at radius 3 is 2.57 bits per heavy atom. The first-order chi connectivity index (χ1) is 13.5. The van der Waals surface area contributed by atoms with Gasteiger partial charge in [-0.15, -0.1) is 0 Å². The van der Waals surface area contributed by atoms with E-state index in [1.54, 1.807) is 7.11 Å². The van der Waals surface area contributed by atoms with Crippen molar-refractivity contribution in [3.63, 3.8) is 0 Å². The minimum atomic E-state index is -0.0530. The molecule has 5 heteroatoms. The quantitative estimate of drug-likeness (QED) is 0.525. The summed E-state index contributed by atoms with van der Waals surface area (Å²) in [5, 5.41) is 3.70. The van der Waals surface area contributed by atoms with Gasteiger partial charge in [-0.3, -0.25) is 4.79 Å². The number of nitrogens with zero attached hydrogens (tertiary/aromatic N) is 1. The van der Waals surface area contributed by atoms with Crippen LogP contribution in [0.5, 0.6) is 5.75 Å². The van der Waals surface area contributed by atoms with Gasteiger partial charge in [0, 0.05) is 29.0 Å². The standard InChI is InChI=1S/C23H25ClN2O2/c1-4-5-13-25-23(27)21-15-22(17-9-11-18(24)12-10-17)26(16(21)2)19-7-6-8-20(14-19)28-3/h6-12,14-15H,4-5,13H2,1-3H3,(H,25,27). The van der Waals surface area contributed by atoms with Crippen LogP contribution in [0, 0.1) is 6.92 Å². The maximum atomic E-state index is 12.8. The molecule has 0 fully saturated rings. The second-order valence-electron chi connectivity index (χ2n) is 6.68. The molecule has 28 heavy (non-hydrogen) atoms. The summed E-state index contributed by atoms with van der Waals surface area (Å²) in [7, 11) is 1.65. The minimum Gasteiger partial charge on any atom is -0.497 e. The van der Waals surface area contributed by atoms with E-state index in [0.29, 0.717) is 17.1 Å². The number of benzene rings is 2. The van der Waals surface area contributed by atoms with Crippen LogP contribution in [0.15, 0.2) is 54.6 Å². The zero-order valence-electron chi connectivity index (χ0n) is 16.5. The number of rotatable bonds is 7. The molecule has 0 unspecified atom stereocenters. The maximum absolute atomic E-state index is 12.8. The van der Waals surface area contributed by atoms with Gasteiger partial charge < -0.3 is 14.6 Å². The molecule has 0 bridgehead atoms. The predicted octanol–water partition coefficient (Wildman–Crippen LogP) is 5.64. The first-order valence-corrected chi connectivity index (χ1v) is 9.84. The number of unbranched alkanes of at least 4 members (excludes halogenated alkanes) is 1. The lowest BCUT2D eigenvalue weighted by Gasteiger charge is -2.13. The van der Waals surface area contributed by atoms with Crippen molar-refractivity contribution < 1.29 is 9.53 Å². The molecule has 0 aliphatic carbocycles. The van der Waals surface area contributed by atoms with Crippen LogP contribution in [0.2, 0.25) is 5.02 Å². The molecular formula is C23H25ClN2O2. The summed E-state index contributed by atoms with van der Waals surface area (Å²) in [4.78, 5) is 12.8. The fraction of sp³-hybridized carbons (Fsp3) is 0.261. The van der Waals surface area contributed by atoms with E-state index in [-0.39, 0.29) is 5.91 Å². The maximum Gasteiger partial charge on any atom is 0.253 e. The summed E-state index contributed by atoms with van der Waals surface area (Å²) < 4.78 is 7.47. The van der Waals surface area contributed by atoms with Crippen LogP contribution in [0.4, 0.5) is 0 Å². The van der Waals surface area contributed by atoms with Crippen molar-refractivity contribution in [3.8, 4) is 22.7 Å². The number of carbonyl (C=O) groups is 1. The molecule has 4 nitrogen and oxygen atoms in total. The molecule has 0 saturated carbocycles. The molecule has 0 saturated heterocycles. The highest BCUT2D eigenvalue weighted by Gasteiger charge is 2.19. The molecule has 1 amide bonds. The Balaban J connectivity index is 2.12. The smallest absolute Gasteiger partial charge is 0.253 e. The lowest BCUT2D eigenvalue weighted by molar-refractivity contribution is 0.0952. The number of ether oxygens (including phenoxy) is 1. The van der Waals surface area contributed by atoms with E-state index in [4.69, 9.17) is 16.3 Å². The zero-order valence-corrected chi connectivity index (χ0v) is 17.2. The second kappa shape index (κ2) is 8.98. The van der Waals surface area contributed by atoms with Crippen LogP contribution in [0.3, 0.4) is 0 Å². The molecule has 1 N–H and O–H groups in total. The molecule has 0 aliphatic rings. The van der Waals surface area contributed by atoms with Crippen LogP contribution >= 0.6 is 11.6 Å². The Kier molecular flexibility index (Phi) is 6.42. The van der Waals surface area contributed by atoms with E-state index in [9.17, 15) is 4.79 Å². The van der Waals surface area contributed by atoms with Crippen LogP contribution < -0.4 is 10.1 Å². The van der Waals surface area contributed by atoms with Gasteiger partial charge in [-0.05, 0) is 49.2 Å². The van der Waals surface area contributed by atoms with Crippen LogP contribution in [-0.2, 0) is 0 Å². The van der Waals surface area contributed by atoms with E-state index in [1.807, 2.05) is 61.5 Å². The summed E-state index contributed by atoms with van der Waals surface area (Å²) >= 11 is 6.07. The minimum absolute atomic E-state index is 0.0530. The summed E-state index contributed by atoms with van der Waals surface area (Å²) in [6, 6.07) is 17.4. The topological polar surface area (TPSA) is 43.3 Å². The average molecular weight is 397 g/mol. The number of hydrogen-bond donors (Lipinski definition) is 1. The zero-order chi connectivity index (χ0) is 20.1. The lowest BCUT2D eigenvalue weighted by Crippen LogP contribution is -2.24. The fourth-order valence-electron chi connectivity index (χ4n) is 3.23.